The van der Waals surface area contributed by atoms with Gasteiger partial charge in [0.2, 0.25) is 0 Å². The number of ether oxygens (including phenoxy) is 1. The van der Waals surface area contributed by atoms with E-state index in [4.69, 9.17) is 16.3 Å². The minimum atomic E-state index is -1.10. The van der Waals surface area contributed by atoms with Crippen molar-refractivity contribution in [3.05, 3.63) is 79.3 Å². The molecule has 0 spiro atoms. The summed E-state index contributed by atoms with van der Waals surface area (Å²) in [6.07, 6.45) is 4.44. The molecule has 0 bridgehead atoms. The first kappa shape index (κ1) is 23.1. The molecule has 0 fully saturated rings. The monoisotopic (exact) mass is 489 g/mol. The molecule has 0 amide bonds. The lowest BCUT2D eigenvalue weighted by Crippen LogP contribution is -2.23. The van der Waals surface area contributed by atoms with Crippen molar-refractivity contribution < 1.29 is 14.2 Å². The van der Waals surface area contributed by atoms with Gasteiger partial charge in [-0.3, -0.25) is 9.36 Å². The first-order chi connectivity index (χ1) is 15.5. The molecule has 4 aromatic rings. The van der Waals surface area contributed by atoms with Crippen LogP contribution in [0.3, 0.4) is 0 Å². The Kier molecular flexibility index (Phi) is 6.08. The van der Waals surface area contributed by atoms with Crippen molar-refractivity contribution in [2.45, 2.75) is 39.9 Å². The van der Waals surface area contributed by atoms with Crippen LogP contribution >= 0.6 is 22.9 Å². The fourth-order valence-corrected chi connectivity index (χ4v) is 3.97. The summed E-state index contributed by atoms with van der Waals surface area (Å²) < 4.78 is 21.8. The standard InChI is InChI=1S/C22H21ClFN5O3S/c1-12-9-25-18(28-6-5-16(27-28)22(3,4)31)8-14(12)29-13(2)7-15(20(23)21(29)30)32-11-19-26-10-17(24)33-19/h5-10,31H,11H2,1-4H3. The topological polar surface area (TPSA) is 95.1 Å². The molecule has 8 nitrogen and oxygen atoms in total. The quantitative estimate of drug-likeness (QED) is 0.438. The van der Waals surface area contributed by atoms with Gasteiger partial charge >= 0.3 is 0 Å². The maximum atomic E-state index is 13.2. The van der Waals surface area contributed by atoms with Gasteiger partial charge in [0.1, 0.15) is 28.0 Å². The van der Waals surface area contributed by atoms with E-state index in [1.165, 1.54) is 9.25 Å². The highest BCUT2D eigenvalue weighted by Crippen LogP contribution is 2.27. The van der Waals surface area contributed by atoms with E-state index in [-0.39, 0.29) is 17.4 Å². The summed E-state index contributed by atoms with van der Waals surface area (Å²) in [6.45, 7) is 6.88. The van der Waals surface area contributed by atoms with Crippen LogP contribution in [0.1, 0.15) is 35.8 Å². The molecular formula is C22H21ClFN5O3S. The number of thiazole rings is 1. The third-order valence-corrected chi connectivity index (χ3v) is 6.04. The molecule has 4 rings (SSSR count). The van der Waals surface area contributed by atoms with Gasteiger partial charge in [-0.2, -0.15) is 9.49 Å². The van der Waals surface area contributed by atoms with Gasteiger partial charge in [-0.05, 0) is 39.3 Å². The second kappa shape index (κ2) is 8.69. The van der Waals surface area contributed by atoms with Crippen molar-refractivity contribution >= 4 is 22.9 Å². The van der Waals surface area contributed by atoms with Crippen LogP contribution < -0.4 is 10.3 Å². The number of pyridine rings is 2. The van der Waals surface area contributed by atoms with Gasteiger partial charge < -0.3 is 9.84 Å². The lowest BCUT2D eigenvalue weighted by atomic mass is 10.1. The molecule has 33 heavy (non-hydrogen) atoms. The molecular weight excluding hydrogens is 469 g/mol. The van der Waals surface area contributed by atoms with E-state index in [0.29, 0.717) is 27.9 Å². The Morgan fingerprint density at radius 3 is 2.64 bits per heavy atom. The molecule has 0 unspecified atom stereocenters. The summed E-state index contributed by atoms with van der Waals surface area (Å²) in [6, 6.07) is 5.07. The summed E-state index contributed by atoms with van der Waals surface area (Å²) >= 11 is 7.21. The zero-order valence-electron chi connectivity index (χ0n) is 18.3. The number of nitrogens with zero attached hydrogens (tertiary/aromatic N) is 5. The number of halogens is 2. The molecule has 0 saturated carbocycles. The van der Waals surface area contributed by atoms with Crippen LogP contribution in [0.2, 0.25) is 5.02 Å². The van der Waals surface area contributed by atoms with Crippen LogP contribution in [0.25, 0.3) is 11.5 Å². The maximum Gasteiger partial charge on any atom is 0.277 e. The van der Waals surface area contributed by atoms with Crippen molar-refractivity contribution in [3.63, 3.8) is 0 Å². The van der Waals surface area contributed by atoms with E-state index in [9.17, 15) is 14.3 Å². The predicted molar refractivity (Wildman–Crippen MR) is 123 cm³/mol. The zero-order chi connectivity index (χ0) is 23.9. The number of aliphatic hydroxyl groups is 1. The van der Waals surface area contributed by atoms with Crippen LogP contribution in [-0.2, 0) is 12.2 Å². The molecule has 0 saturated heterocycles. The van der Waals surface area contributed by atoms with Crippen LogP contribution in [0.4, 0.5) is 4.39 Å². The number of hydrogen-bond donors (Lipinski definition) is 1. The zero-order valence-corrected chi connectivity index (χ0v) is 19.9. The Morgan fingerprint density at radius 1 is 1.24 bits per heavy atom. The van der Waals surface area contributed by atoms with E-state index in [1.807, 2.05) is 6.92 Å². The van der Waals surface area contributed by atoms with E-state index < -0.39 is 16.3 Å². The number of hydrogen-bond acceptors (Lipinski definition) is 7. The Balaban J connectivity index is 1.71. The molecule has 11 heteroatoms. The summed E-state index contributed by atoms with van der Waals surface area (Å²) in [5.41, 5.74) is 0.849. The van der Waals surface area contributed by atoms with Gasteiger partial charge in [0.05, 0.1) is 17.6 Å². The molecule has 1 N–H and O–H groups in total. The average molecular weight is 490 g/mol. The highest BCUT2D eigenvalue weighted by Gasteiger charge is 2.21. The number of aryl methyl sites for hydroxylation is 2. The normalized spacial score (nSPS) is 11.7. The van der Waals surface area contributed by atoms with E-state index in [0.717, 1.165) is 23.1 Å². The number of rotatable bonds is 6. The van der Waals surface area contributed by atoms with Crippen LogP contribution in [0.5, 0.6) is 5.75 Å². The van der Waals surface area contributed by atoms with E-state index in [1.54, 1.807) is 51.4 Å². The Morgan fingerprint density at radius 2 is 2.00 bits per heavy atom. The summed E-state index contributed by atoms with van der Waals surface area (Å²) in [4.78, 5) is 21.5. The molecule has 0 radical (unpaired) electrons. The van der Waals surface area contributed by atoms with E-state index >= 15 is 0 Å². The smallest absolute Gasteiger partial charge is 0.277 e. The maximum absolute atomic E-state index is 13.2. The third-order valence-electron chi connectivity index (χ3n) is 4.93. The van der Waals surface area contributed by atoms with Gasteiger partial charge in [-0.15, -0.1) is 0 Å². The van der Waals surface area contributed by atoms with Gasteiger partial charge in [0, 0.05) is 30.2 Å². The van der Waals surface area contributed by atoms with Gasteiger partial charge in [-0.25, -0.2) is 14.6 Å². The predicted octanol–water partition coefficient (Wildman–Crippen LogP) is 4.09. The van der Waals surface area contributed by atoms with Crippen molar-refractivity contribution in [1.29, 1.82) is 0 Å². The van der Waals surface area contributed by atoms with Crippen molar-refractivity contribution in [2.75, 3.05) is 0 Å². The lowest BCUT2D eigenvalue weighted by molar-refractivity contribution is 0.0734. The minimum Gasteiger partial charge on any atom is -0.485 e. The molecule has 0 aliphatic heterocycles. The largest absolute Gasteiger partial charge is 0.485 e. The highest BCUT2D eigenvalue weighted by atomic mass is 35.5. The summed E-state index contributed by atoms with van der Waals surface area (Å²) in [5, 5.41) is 14.5. The van der Waals surface area contributed by atoms with Gasteiger partial charge in [0.15, 0.2) is 10.9 Å². The summed E-state index contributed by atoms with van der Waals surface area (Å²) in [5.74, 6) is 0.666. The first-order valence-electron chi connectivity index (χ1n) is 9.95. The Hall–Kier alpha value is -3.08. The molecule has 0 aromatic carbocycles. The molecule has 0 aliphatic rings. The molecule has 0 aliphatic carbocycles. The molecule has 0 atom stereocenters. The van der Waals surface area contributed by atoms with Crippen molar-refractivity contribution in [1.82, 2.24) is 24.3 Å². The van der Waals surface area contributed by atoms with Gasteiger partial charge in [0.25, 0.3) is 5.56 Å². The molecule has 4 heterocycles. The van der Waals surface area contributed by atoms with Crippen molar-refractivity contribution in [2.24, 2.45) is 0 Å². The average Bonchev–Trinajstić information content (AvgIpc) is 3.40. The summed E-state index contributed by atoms with van der Waals surface area (Å²) in [7, 11) is 0. The number of aromatic nitrogens is 5. The van der Waals surface area contributed by atoms with Gasteiger partial charge in [-0.1, -0.05) is 22.9 Å². The van der Waals surface area contributed by atoms with Crippen LogP contribution in [0.15, 0.2) is 41.6 Å². The molecule has 4 aromatic heterocycles. The second-order valence-electron chi connectivity index (χ2n) is 7.98. The molecule has 172 valence electrons. The highest BCUT2D eigenvalue weighted by molar-refractivity contribution is 7.09. The second-order valence-corrected chi connectivity index (χ2v) is 9.43. The van der Waals surface area contributed by atoms with Crippen molar-refractivity contribution in [3.8, 4) is 17.3 Å². The SMILES string of the molecule is Cc1cnc(-n2ccc(C(C)(C)O)n2)cc1-n1c(C)cc(OCc2ncc(F)s2)c(Cl)c1=O. The third kappa shape index (κ3) is 4.68. The minimum absolute atomic E-state index is 0.00152. The van der Waals surface area contributed by atoms with Crippen LogP contribution in [0, 0.1) is 19.0 Å². The fraction of sp³-hybridized carbons (Fsp3) is 0.273. The fourth-order valence-electron chi connectivity index (χ4n) is 3.23. The lowest BCUT2D eigenvalue weighted by Gasteiger charge is -2.16. The Bertz CT molecular complexity index is 1390. The van der Waals surface area contributed by atoms with E-state index in [2.05, 4.69) is 15.1 Å². The van der Waals surface area contributed by atoms with Crippen LogP contribution in [-0.4, -0.2) is 29.4 Å². The first-order valence-corrected chi connectivity index (χ1v) is 11.1. The Labute approximate surface area is 197 Å².